The molecule has 0 atom stereocenters. The molecule has 3 rings (SSSR count). The zero-order valence-electron chi connectivity index (χ0n) is 11.6. The molecule has 0 spiro atoms. The van der Waals surface area contributed by atoms with Gasteiger partial charge >= 0.3 is 6.09 Å². The van der Waals surface area contributed by atoms with Gasteiger partial charge in [0.15, 0.2) is 16.6 Å². The van der Waals surface area contributed by atoms with E-state index in [4.69, 9.17) is 16.3 Å². The van der Waals surface area contributed by atoms with Gasteiger partial charge < -0.3 is 15.0 Å². The van der Waals surface area contributed by atoms with Crippen LogP contribution in [-0.2, 0) is 4.74 Å². The first kappa shape index (κ1) is 13.8. The van der Waals surface area contributed by atoms with Crippen LogP contribution in [0.3, 0.4) is 0 Å². The molecule has 1 amide bonds. The van der Waals surface area contributed by atoms with E-state index in [0.29, 0.717) is 35.2 Å². The Morgan fingerprint density at radius 3 is 2.95 bits per heavy atom. The van der Waals surface area contributed by atoms with Crippen molar-refractivity contribution in [1.29, 1.82) is 0 Å². The third kappa shape index (κ3) is 2.69. The van der Waals surface area contributed by atoms with Crippen molar-refractivity contribution >= 4 is 34.7 Å². The number of carbonyl (C=O) groups excluding carboxylic acids is 1. The molecule has 8 heteroatoms. The fraction of sp³-hybridized carbons (Fsp3) is 0.385. The maximum atomic E-state index is 11.1. The first-order valence-electron chi connectivity index (χ1n) is 6.50. The second-order valence-electron chi connectivity index (χ2n) is 4.88. The highest BCUT2D eigenvalue weighted by atomic mass is 35.5. The number of rotatable bonds is 2. The molecule has 3 heterocycles. The fourth-order valence-corrected chi connectivity index (χ4v) is 2.37. The van der Waals surface area contributed by atoms with Crippen LogP contribution in [0.25, 0.3) is 11.2 Å². The van der Waals surface area contributed by atoms with Crippen LogP contribution in [0.2, 0.25) is 5.15 Å². The van der Waals surface area contributed by atoms with Crippen molar-refractivity contribution < 1.29 is 9.53 Å². The van der Waals surface area contributed by atoms with Crippen molar-refractivity contribution in [3.63, 3.8) is 0 Å². The lowest BCUT2D eigenvalue weighted by molar-refractivity contribution is 0.0823. The smallest absolute Gasteiger partial charge is 0.407 e. The van der Waals surface area contributed by atoms with E-state index >= 15 is 0 Å². The predicted octanol–water partition coefficient (Wildman–Crippen LogP) is 1.53. The van der Waals surface area contributed by atoms with Gasteiger partial charge in [0.25, 0.3) is 0 Å². The van der Waals surface area contributed by atoms with Crippen LogP contribution in [0.1, 0.15) is 5.56 Å². The van der Waals surface area contributed by atoms with E-state index in [-0.39, 0.29) is 6.10 Å². The van der Waals surface area contributed by atoms with E-state index in [1.807, 2.05) is 17.9 Å². The Morgan fingerprint density at radius 2 is 2.24 bits per heavy atom. The maximum absolute atomic E-state index is 11.1. The number of aryl methyl sites for hydroxylation is 1. The number of pyridine rings is 1. The molecule has 2 aromatic rings. The molecule has 2 aromatic heterocycles. The van der Waals surface area contributed by atoms with Gasteiger partial charge in [0, 0.05) is 13.2 Å². The molecule has 21 heavy (non-hydrogen) atoms. The van der Waals surface area contributed by atoms with Crippen molar-refractivity contribution in [2.24, 2.45) is 0 Å². The molecular weight excluding hydrogens is 294 g/mol. The van der Waals surface area contributed by atoms with Gasteiger partial charge in [-0.1, -0.05) is 11.6 Å². The number of carbonyl (C=O) groups is 1. The Bertz CT molecular complexity index is 702. The van der Waals surface area contributed by atoms with Crippen LogP contribution in [0.15, 0.2) is 12.3 Å². The summed E-state index contributed by atoms with van der Waals surface area (Å²) in [5.41, 5.74) is 2.22. The number of fused-ring (bicyclic) bond motifs is 1. The van der Waals surface area contributed by atoms with Crippen LogP contribution < -0.4 is 10.2 Å². The number of hydrogen-bond donors (Lipinski definition) is 1. The van der Waals surface area contributed by atoms with Crippen molar-refractivity contribution in [3.8, 4) is 0 Å². The average molecular weight is 308 g/mol. The average Bonchev–Trinajstić information content (AvgIpc) is 2.41. The minimum Gasteiger partial charge on any atom is -0.442 e. The van der Waals surface area contributed by atoms with E-state index < -0.39 is 6.09 Å². The number of nitrogens with zero attached hydrogens (tertiary/aromatic N) is 4. The predicted molar refractivity (Wildman–Crippen MR) is 78.6 cm³/mol. The molecule has 1 N–H and O–H groups in total. The van der Waals surface area contributed by atoms with E-state index in [9.17, 15) is 4.79 Å². The van der Waals surface area contributed by atoms with Gasteiger partial charge in [-0.15, -0.1) is 0 Å². The number of anilines is 1. The van der Waals surface area contributed by atoms with Crippen LogP contribution in [0.4, 0.5) is 10.6 Å². The van der Waals surface area contributed by atoms with Gasteiger partial charge in [0.2, 0.25) is 0 Å². The Balaban J connectivity index is 1.78. The lowest BCUT2D eigenvalue weighted by Crippen LogP contribution is -2.54. The zero-order valence-corrected chi connectivity index (χ0v) is 12.4. The summed E-state index contributed by atoms with van der Waals surface area (Å²) in [6.45, 7) is 3.02. The second kappa shape index (κ2) is 5.33. The van der Waals surface area contributed by atoms with Gasteiger partial charge in [0.05, 0.1) is 13.1 Å². The molecule has 0 bridgehead atoms. The minimum atomic E-state index is -0.438. The van der Waals surface area contributed by atoms with Crippen LogP contribution in [-0.4, -0.2) is 47.3 Å². The maximum Gasteiger partial charge on any atom is 0.407 e. The largest absolute Gasteiger partial charge is 0.442 e. The minimum absolute atomic E-state index is 0.163. The molecule has 0 unspecified atom stereocenters. The summed E-state index contributed by atoms with van der Waals surface area (Å²) in [5.74, 6) is 0.567. The van der Waals surface area contributed by atoms with Crippen molar-refractivity contribution in [3.05, 3.63) is 23.0 Å². The molecule has 1 saturated heterocycles. The number of aromatic nitrogens is 3. The highest BCUT2D eigenvalue weighted by Gasteiger charge is 2.32. The summed E-state index contributed by atoms with van der Waals surface area (Å²) in [6.07, 6.45) is 1.14. The van der Waals surface area contributed by atoms with Crippen LogP contribution in [0, 0.1) is 6.92 Å². The molecule has 0 aliphatic carbocycles. The summed E-state index contributed by atoms with van der Waals surface area (Å²) in [5, 5.41) is 2.74. The molecule has 0 saturated carbocycles. The molecule has 1 fully saturated rings. The van der Waals surface area contributed by atoms with Crippen molar-refractivity contribution in [2.75, 3.05) is 25.0 Å². The summed E-state index contributed by atoms with van der Waals surface area (Å²) in [6, 6.07) is 1.89. The quantitative estimate of drug-likeness (QED) is 0.906. The highest BCUT2D eigenvalue weighted by molar-refractivity contribution is 6.32. The SMILES string of the molecule is CNC(=O)OC1CN(c2nc3ncc(C)cc3nc2Cl)C1. The summed E-state index contributed by atoms with van der Waals surface area (Å²) >= 11 is 6.18. The Morgan fingerprint density at radius 1 is 1.48 bits per heavy atom. The van der Waals surface area contributed by atoms with Crippen molar-refractivity contribution in [1.82, 2.24) is 20.3 Å². The molecule has 0 radical (unpaired) electrons. The van der Waals surface area contributed by atoms with Crippen LogP contribution in [0.5, 0.6) is 0 Å². The first-order valence-corrected chi connectivity index (χ1v) is 6.88. The molecule has 110 valence electrons. The van der Waals surface area contributed by atoms with E-state index in [1.165, 1.54) is 7.05 Å². The lowest BCUT2D eigenvalue weighted by atomic mass is 10.2. The number of amides is 1. The summed E-state index contributed by atoms with van der Waals surface area (Å²) < 4.78 is 5.13. The third-order valence-corrected chi connectivity index (χ3v) is 3.48. The highest BCUT2D eigenvalue weighted by Crippen LogP contribution is 2.28. The topological polar surface area (TPSA) is 80.2 Å². The number of alkyl carbamates (subject to hydrolysis) is 1. The summed E-state index contributed by atoms with van der Waals surface area (Å²) in [4.78, 5) is 26.0. The van der Waals surface area contributed by atoms with E-state index in [1.54, 1.807) is 6.20 Å². The second-order valence-corrected chi connectivity index (χ2v) is 5.23. The molecule has 1 aliphatic rings. The Labute approximate surface area is 126 Å². The number of hydrogen-bond acceptors (Lipinski definition) is 6. The summed E-state index contributed by atoms with van der Waals surface area (Å²) in [7, 11) is 1.53. The van der Waals surface area contributed by atoms with Gasteiger partial charge in [0.1, 0.15) is 11.6 Å². The zero-order chi connectivity index (χ0) is 15.0. The van der Waals surface area contributed by atoms with Crippen LogP contribution >= 0.6 is 11.6 Å². The van der Waals surface area contributed by atoms with E-state index in [2.05, 4.69) is 20.3 Å². The Hall–Kier alpha value is -2.15. The molecular formula is C13H14ClN5O2. The molecule has 7 nitrogen and oxygen atoms in total. The first-order chi connectivity index (χ1) is 10.1. The molecule has 0 aromatic carbocycles. The van der Waals surface area contributed by atoms with Gasteiger partial charge in [-0.3, -0.25) is 0 Å². The monoisotopic (exact) mass is 307 g/mol. The normalized spacial score (nSPS) is 14.9. The van der Waals surface area contributed by atoms with Gasteiger partial charge in [-0.25, -0.2) is 19.7 Å². The van der Waals surface area contributed by atoms with E-state index in [0.717, 1.165) is 5.56 Å². The van der Waals surface area contributed by atoms with Gasteiger partial charge in [-0.05, 0) is 18.6 Å². The third-order valence-electron chi connectivity index (χ3n) is 3.22. The number of ether oxygens (including phenoxy) is 1. The molecule has 1 aliphatic heterocycles. The number of nitrogens with one attached hydrogen (secondary N) is 1. The van der Waals surface area contributed by atoms with Gasteiger partial charge in [-0.2, -0.15) is 0 Å². The fourth-order valence-electron chi connectivity index (χ4n) is 2.11. The van der Waals surface area contributed by atoms with Crippen molar-refractivity contribution in [2.45, 2.75) is 13.0 Å². The lowest BCUT2D eigenvalue weighted by Gasteiger charge is -2.39. The number of halogens is 1. The Kier molecular flexibility index (Phi) is 3.50. The standard InChI is InChI=1S/C13H14ClN5O2/c1-7-3-9-11(16-4-7)18-12(10(14)17-9)19-5-8(6-19)21-13(20)15-2/h3-4,8H,5-6H2,1-2H3,(H,15,20).